The Bertz CT molecular complexity index is 753. The molecule has 1 heterocycles. The first-order chi connectivity index (χ1) is 8.79. The number of hydrogen-bond donors (Lipinski definition) is 2. The molecular formula is C14H10N2O2. The van der Waals surface area contributed by atoms with Crippen LogP contribution in [0.15, 0.2) is 48.5 Å². The van der Waals surface area contributed by atoms with E-state index in [4.69, 9.17) is 5.21 Å². The first-order valence-corrected chi connectivity index (χ1v) is 5.52. The van der Waals surface area contributed by atoms with Crippen LogP contribution in [0.4, 0.5) is 0 Å². The minimum atomic E-state index is -0.530. The van der Waals surface area contributed by atoms with Crippen LogP contribution in [-0.2, 0) is 0 Å². The summed E-state index contributed by atoms with van der Waals surface area (Å²) >= 11 is 0. The van der Waals surface area contributed by atoms with Crippen molar-refractivity contribution in [2.24, 2.45) is 0 Å². The Hall–Kier alpha value is -2.46. The molecule has 4 nitrogen and oxygen atoms in total. The number of hydrogen-bond acceptors (Lipinski definition) is 3. The number of aromatic nitrogens is 1. The van der Waals surface area contributed by atoms with Crippen molar-refractivity contribution in [2.75, 3.05) is 0 Å². The molecule has 0 saturated carbocycles. The van der Waals surface area contributed by atoms with Crippen molar-refractivity contribution in [3.05, 3.63) is 54.1 Å². The summed E-state index contributed by atoms with van der Waals surface area (Å²) in [5.74, 6) is -0.530. The second kappa shape index (κ2) is 4.09. The fourth-order valence-electron chi connectivity index (χ4n) is 2.06. The van der Waals surface area contributed by atoms with Crippen LogP contribution in [0.2, 0.25) is 0 Å². The Balaban J connectivity index is 2.39. The van der Waals surface area contributed by atoms with Crippen LogP contribution in [-0.4, -0.2) is 16.1 Å². The van der Waals surface area contributed by atoms with Gasteiger partial charge in [0.1, 0.15) is 0 Å². The van der Waals surface area contributed by atoms with Gasteiger partial charge in [-0.25, -0.2) is 10.5 Å². The molecule has 0 fully saturated rings. The van der Waals surface area contributed by atoms with Gasteiger partial charge in [0.2, 0.25) is 0 Å². The first-order valence-electron chi connectivity index (χ1n) is 5.52. The summed E-state index contributed by atoms with van der Waals surface area (Å²) in [5, 5.41) is 10.4. The molecule has 0 spiro atoms. The highest BCUT2D eigenvalue weighted by atomic mass is 16.5. The van der Waals surface area contributed by atoms with E-state index in [9.17, 15) is 4.79 Å². The SMILES string of the molecule is O=C(NO)c1cccc2nc3ccccc3cc12. The van der Waals surface area contributed by atoms with Crippen molar-refractivity contribution in [1.29, 1.82) is 0 Å². The number of rotatable bonds is 1. The summed E-state index contributed by atoms with van der Waals surface area (Å²) in [6, 6.07) is 14.9. The molecule has 2 N–H and O–H groups in total. The molecule has 3 rings (SSSR count). The number of nitrogens with zero attached hydrogens (tertiary/aromatic N) is 1. The highest BCUT2D eigenvalue weighted by Crippen LogP contribution is 2.22. The van der Waals surface area contributed by atoms with E-state index in [2.05, 4.69) is 4.98 Å². The summed E-state index contributed by atoms with van der Waals surface area (Å²) < 4.78 is 0. The standard InChI is InChI=1S/C14H10N2O2/c17-14(16-18)10-5-3-7-13-11(10)8-9-4-1-2-6-12(9)15-13/h1-8,18H,(H,16,17). The Morgan fingerprint density at radius 2 is 1.83 bits per heavy atom. The van der Waals surface area contributed by atoms with Gasteiger partial charge in [-0.05, 0) is 24.3 Å². The first kappa shape index (κ1) is 10.7. The molecule has 0 aliphatic rings. The summed E-state index contributed by atoms with van der Waals surface area (Å²) in [4.78, 5) is 16.1. The van der Waals surface area contributed by atoms with E-state index in [1.165, 1.54) is 0 Å². The lowest BCUT2D eigenvalue weighted by Crippen LogP contribution is -2.18. The highest BCUT2D eigenvalue weighted by molar-refractivity contribution is 6.08. The Kier molecular flexibility index (Phi) is 2.42. The van der Waals surface area contributed by atoms with Crippen LogP contribution in [0.1, 0.15) is 10.4 Å². The predicted octanol–water partition coefficient (Wildman–Crippen LogP) is 2.51. The number of pyridine rings is 1. The largest absolute Gasteiger partial charge is 0.288 e. The van der Waals surface area contributed by atoms with Crippen LogP contribution >= 0.6 is 0 Å². The van der Waals surface area contributed by atoms with E-state index in [1.807, 2.05) is 36.4 Å². The molecule has 0 saturated heterocycles. The molecule has 88 valence electrons. The van der Waals surface area contributed by atoms with E-state index in [1.54, 1.807) is 17.6 Å². The monoisotopic (exact) mass is 238 g/mol. The Labute approximate surface area is 103 Å². The normalized spacial score (nSPS) is 10.7. The van der Waals surface area contributed by atoms with Gasteiger partial charge in [0.25, 0.3) is 5.91 Å². The Morgan fingerprint density at radius 1 is 1.06 bits per heavy atom. The molecule has 1 aromatic heterocycles. The van der Waals surface area contributed by atoms with Gasteiger partial charge in [-0.1, -0.05) is 24.3 Å². The quantitative estimate of drug-likeness (QED) is 0.389. The summed E-state index contributed by atoms with van der Waals surface area (Å²) in [6.07, 6.45) is 0. The van der Waals surface area contributed by atoms with Crippen molar-refractivity contribution in [2.45, 2.75) is 0 Å². The van der Waals surface area contributed by atoms with Gasteiger partial charge in [-0.3, -0.25) is 10.0 Å². The molecule has 1 amide bonds. The number of fused-ring (bicyclic) bond motifs is 2. The maximum atomic E-state index is 11.6. The van der Waals surface area contributed by atoms with Gasteiger partial charge in [0.05, 0.1) is 16.6 Å². The van der Waals surface area contributed by atoms with Crippen LogP contribution in [0.3, 0.4) is 0 Å². The number of carbonyl (C=O) groups is 1. The second-order valence-corrected chi connectivity index (χ2v) is 3.99. The molecule has 0 radical (unpaired) electrons. The van der Waals surface area contributed by atoms with Gasteiger partial charge in [-0.15, -0.1) is 0 Å². The van der Waals surface area contributed by atoms with Crippen molar-refractivity contribution in [1.82, 2.24) is 10.5 Å². The fourth-order valence-corrected chi connectivity index (χ4v) is 2.06. The number of benzene rings is 2. The zero-order chi connectivity index (χ0) is 12.5. The minimum Gasteiger partial charge on any atom is -0.288 e. The van der Waals surface area contributed by atoms with E-state index in [0.717, 1.165) is 21.8 Å². The second-order valence-electron chi connectivity index (χ2n) is 3.99. The van der Waals surface area contributed by atoms with Crippen molar-refractivity contribution >= 4 is 27.7 Å². The molecule has 2 aromatic carbocycles. The average Bonchev–Trinajstić information content (AvgIpc) is 2.43. The van der Waals surface area contributed by atoms with E-state index < -0.39 is 5.91 Å². The molecule has 0 aliphatic heterocycles. The third-order valence-electron chi connectivity index (χ3n) is 2.91. The van der Waals surface area contributed by atoms with Gasteiger partial charge in [0.15, 0.2) is 0 Å². The van der Waals surface area contributed by atoms with Crippen molar-refractivity contribution < 1.29 is 10.0 Å². The van der Waals surface area contributed by atoms with Crippen molar-refractivity contribution in [3.63, 3.8) is 0 Å². The molecule has 4 heteroatoms. The number of amides is 1. The van der Waals surface area contributed by atoms with Crippen LogP contribution < -0.4 is 5.48 Å². The van der Waals surface area contributed by atoms with E-state index in [-0.39, 0.29) is 0 Å². The average molecular weight is 238 g/mol. The van der Waals surface area contributed by atoms with Gasteiger partial charge in [-0.2, -0.15) is 0 Å². The Morgan fingerprint density at radius 3 is 2.67 bits per heavy atom. The van der Waals surface area contributed by atoms with Crippen LogP contribution in [0, 0.1) is 0 Å². The highest BCUT2D eigenvalue weighted by Gasteiger charge is 2.10. The lowest BCUT2D eigenvalue weighted by molar-refractivity contribution is 0.0708. The van der Waals surface area contributed by atoms with Gasteiger partial charge >= 0.3 is 0 Å². The van der Waals surface area contributed by atoms with Crippen molar-refractivity contribution in [3.8, 4) is 0 Å². The van der Waals surface area contributed by atoms with E-state index >= 15 is 0 Å². The fraction of sp³-hybridized carbons (Fsp3) is 0. The summed E-state index contributed by atoms with van der Waals surface area (Å²) in [7, 11) is 0. The molecule has 0 atom stereocenters. The van der Waals surface area contributed by atoms with Crippen LogP contribution in [0.25, 0.3) is 21.8 Å². The maximum Gasteiger partial charge on any atom is 0.275 e. The number of para-hydroxylation sites is 1. The van der Waals surface area contributed by atoms with Gasteiger partial charge < -0.3 is 0 Å². The maximum absolute atomic E-state index is 11.6. The lowest BCUT2D eigenvalue weighted by atomic mass is 10.1. The van der Waals surface area contributed by atoms with Crippen LogP contribution in [0.5, 0.6) is 0 Å². The molecule has 3 aromatic rings. The predicted molar refractivity (Wildman–Crippen MR) is 68.5 cm³/mol. The zero-order valence-electron chi connectivity index (χ0n) is 9.42. The van der Waals surface area contributed by atoms with Gasteiger partial charge in [0, 0.05) is 10.8 Å². The lowest BCUT2D eigenvalue weighted by Gasteiger charge is -2.05. The third-order valence-corrected chi connectivity index (χ3v) is 2.91. The summed E-state index contributed by atoms with van der Waals surface area (Å²) in [6.45, 7) is 0. The molecule has 0 aliphatic carbocycles. The van der Waals surface area contributed by atoms with E-state index in [0.29, 0.717) is 5.56 Å². The summed E-state index contributed by atoms with van der Waals surface area (Å²) in [5.41, 5.74) is 3.68. The number of nitrogens with one attached hydrogen (secondary N) is 1. The smallest absolute Gasteiger partial charge is 0.275 e. The molecule has 0 unspecified atom stereocenters. The minimum absolute atomic E-state index is 0.410. The number of carbonyl (C=O) groups excluding carboxylic acids is 1. The molecular weight excluding hydrogens is 228 g/mol. The molecule has 18 heavy (non-hydrogen) atoms. The topological polar surface area (TPSA) is 62.2 Å². The zero-order valence-corrected chi connectivity index (χ0v) is 9.42. The number of hydroxylamine groups is 1. The molecule has 0 bridgehead atoms. The third kappa shape index (κ3) is 1.59.